The molecule has 2 aromatic carbocycles. The van der Waals surface area contributed by atoms with Crippen LogP contribution in [0.15, 0.2) is 52.6 Å². The van der Waals surface area contributed by atoms with Gasteiger partial charge < -0.3 is 20.5 Å². The molecule has 0 spiro atoms. The van der Waals surface area contributed by atoms with E-state index < -0.39 is 0 Å². The van der Waals surface area contributed by atoms with Crippen molar-refractivity contribution in [3.8, 4) is 11.5 Å². The van der Waals surface area contributed by atoms with Gasteiger partial charge in [0.2, 0.25) is 0 Å². The van der Waals surface area contributed by atoms with Crippen molar-refractivity contribution in [2.75, 3.05) is 25.3 Å². The van der Waals surface area contributed by atoms with Gasteiger partial charge in [-0.2, -0.15) is 0 Å². The summed E-state index contributed by atoms with van der Waals surface area (Å²) in [6.45, 7) is 2.04. The van der Waals surface area contributed by atoms with Crippen LogP contribution in [0, 0.1) is 6.92 Å². The van der Waals surface area contributed by atoms with E-state index in [9.17, 15) is 0 Å². The number of ether oxygens (including phenoxy) is 2. The Labute approximate surface area is 167 Å². The fourth-order valence-corrected chi connectivity index (χ4v) is 3.41. The Morgan fingerprint density at radius 1 is 1.04 bits per heavy atom. The van der Waals surface area contributed by atoms with Crippen LogP contribution in [0.5, 0.6) is 11.5 Å². The van der Waals surface area contributed by atoms with Gasteiger partial charge in [0.15, 0.2) is 5.82 Å². The number of benzene rings is 2. The van der Waals surface area contributed by atoms with E-state index in [1.165, 1.54) is 23.7 Å². The van der Waals surface area contributed by atoms with E-state index in [4.69, 9.17) is 26.8 Å². The second kappa shape index (κ2) is 8.37. The molecule has 3 rings (SSSR count). The van der Waals surface area contributed by atoms with Crippen molar-refractivity contribution in [2.45, 2.75) is 16.8 Å². The third kappa shape index (κ3) is 4.37. The lowest BCUT2D eigenvalue weighted by Crippen LogP contribution is -2.03. The highest BCUT2D eigenvalue weighted by atomic mass is 35.5. The minimum absolute atomic E-state index is 0.442. The fourth-order valence-electron chi connectivity index (χ4n) is 2.36. The first-order valence-electron chi connectivity index (χ1n) is 8.05. The third-order valence-electron chi connectivity index (χ3n) is 3.81. The summed E-state index contributed by atoms with van der Waals surface area (Å²) in [5.41, 5.74) is 8.55. The molecule has 0 aliphatic carbocycles. The lowest BCUT2D eigenvalue weighted by Gasteiger charge is -2.15. The van der Waals surface area contributed by atoms with Gasteiger partial charge in [-0.3, -0.25) is 0 Å². The molecule has 0 saturated heterocycles. The second-order valence-corrected chi connectivity index (χ2v) is 7.14. The van der Waals surface area contributed by atoms with Crippen LogP contribution >= 0.6 is 23.4 Å². The summed E-state index contributed by atoms with van der Waals surface area (Å²) in [4.78, 5) is 9.59. The lowest BCUT2D eigenvalue weighted by molar-refractivity contribution is 0.396. The van der Waals surface area contributed by atoms with Crippen molar-refractivity contribution in [3.63, 3.8) is 0 Å². The van der Waals surface area contributed by atoms with E-state index >= 15 is 0 Å². The Morgan fingerprint density at radius 2 is 1.74 bits per heavy atom. The molecule has 0 atom stereocenters. The monoisotopic (exact) mass is 402 g/mol. The van der Waals surface area contributed by atoms with Gasteiger partial charge in [0, 0.05) is 11.0 Å². The summed E-state index contributed by atoms with van der Waals surface area (Å²) in [6.07, 6.45) is 1.47. The van der Waals surface area contributed by atoms with Crippen LogP contribution in [-0.4, -0.2) is 24.2 Å². The number of nitrogens with two attached hydrogens (primary N) is 1. The first-order chi connectivity index (χ1) is 13.0. The zero-order valence-electron chi connectivity index (χ0n) is 15.1. The van der Waals surface area contributed by atoms with Crippen LogP contribution < -0.4 is 20.5 Å². The quantitative estimate of drug-likeness (QED) is 0.565. The van der Waals surface area contributed by atoms with Crippen molar-refractivity contribution in [1.82, 2.24) is 9.97 Å². The first-order valence-corrected chi connectivity index (χ1v) is 9.24. The molecule has 0 aliphatic rings. The van der Waals surface area contributed by atoms with Crippen molar-refractivity contribution in [3.05, 3.63) is 53.3 Å². The standard InChI is InChI=1S/C19H19ClN4O2S/c1-11-4-6-12(7-5-11)27-19-17(21)18(22-10-23-19)24-14-8-13(20)15(25-2)9-16(14)26-3/h4-10H,21H2,1-3H3,(H,22,23,24). The van der Waals surface area contributed by atoms with Crippen LogP contribution in [0.4, 0.5) is 17.2 Å². The zero-order chi connectivity index (χ0) is 19.4. The average Bonchev–Trinajstić information content (AvgIpc) is 2.67. The van der Waals surface area contributed by atoms with E-state index in [1.54, 1.807) is 26.4 Å². The molecule has 0 saturated carbocycles. The smallest absolute Gasteiger partial charge is 0.158 e. The predicted molar refractivity (Wildman–Crippen MR) is 110 cm³/mol. The van der Waals surface area contributed by atoms with Crippen molar-refractivity contribution >= 4 is 40.6 Å². The first kappa shape index (κ1) is 19.1. The number of nitrogens with zero attached hydrogens (tertiary/aromatic N) is 2. The number of nitrogen functional groups attached to an aromatic ring is 1. The molecule has 1 heterocycles. The number of anilines is 3. The van der Waals surface area contributed by atoms with E-state index in [1.807, 2.05) is 31.2 Å². The molecule has 140 valence electrons. The van der Waals surface area contributed by atoms with E-state index in [2.05, 4.69) is 15.3 Å². The number of aromatic nitrogens is 2. The highest BCUT2D eigenvalue weighted by molar-refractivity contribution is 7.99. The zero-order valence-corrected chi connectivity index (χ0v) is 16.7. The average molecular weight is 403 g/mol. The van der Waals surface area contributed by atoms with Gasteiger partial charge in [0.25, 0.3) is 0 Å². The fraction of sp³-hybridized carbons (Fsp3) is 0.158. The van der Waals surface area contributed by atoms with Gasteiger partial charge >= 0.3 is 0 Å². The Kier molecular flexibility index (Phi) is 5.93. The summed E-state index contributed by atoms with van der Waals surface area (Å²) in [6, 6.07) is 11.5. The maximum Gasteiger partial charge on any atom is 0.158 e. The van der Waals surface area contributed by atoms with Crippen LogP contribution in [0.1, 0.15) is 5.56 Å². The van der Waals surface area contributed by atoms with Gasteiger partial charge in [0.05, 0.1) is 24.9 Å². The molecule has 3 N–H and O–H groups in total. The predicted octanol–water partition coefficient (Wildman–Crippen LogP) is 4.93. The minimum atomic E-state index is 0.442. The Morgan fingerprint density at radius 3 is 2.41 bits per heavy atom. The number of aryl methyl sites for hydroxylation is 1. The highest BCUT2D eigenvalue weighted by Crippen LogP contribution is 2.39. The van der Waals surface area contributed by atoms with Crippen LogP contribution in [-0.2, 0) is 0 Å². The topological polar surface area (TPSA) is 82.3 Å². The Hall–Kier alpha value is -2.64. The number of methoxy groups -OCH3 is 2. The number of halogens is 1. The Bertz CT molecular complexity index is 951. The Balaban J connectivity index is 1.90. The normalized spacial score (nSPS) is 10.5. The molecule has 27 heavy (non-hydrogen) atoms. The molecule has 3 aromatic rings. The van der Waals surface area contributed by atoms with Gasteiger partial charge in [-0.25, -0.2) is 9.97 Å². The van der Waals surface area contributed by atoms with Gasteiger partial charge in [0.1, 0.15) is 28.5 Å². The molecular formula is C19H19ClN4O2S. The number of hydrogen-bond acceptors (Lipinski definition) is 7. The summed E-state index contributed by atoms with van der Waals surface area (Å²) < 4.78 is 10.6. The summed E-state index contributed by atoms with van der Waals surface area (Å²) in [5, 5.41) is 4.27. The number of nitrogens with one attached hydrogen (secondary N) is 1. The number of hydrogen-bond donors (Lipinski definition) is 2. The molecule has 0 amide bonds. The maximum absolute atomic E-state index is 6.29. The van der Waals surface area contributed by atoms with E-state index in [-0.39, 0.29) is 0 Å². The van der Waals surface area contributed by atoms with Crippen LogP contribution in [0.25, 0.3) is 0 Å². The van der Waals surface area contributed by atoms with Crippen molar-refractivity contribution in [2.24, 2.45) is 0 Å². The van der Waals surface area contributed by atoms with E-state index in [0.29, 0.717) is 38.7 Å². The molecule has 0 unspecified atom stereocenters. The molecular weight excluding hydrogens is 384 g/mol. The third-order valence-corrected chi connectivity index (χ3v) is 5.13. The summed E-state index contributed by atoms with van der Waals surface area (Å²) in [7, 11) is 3.11. The van der Waals surface area contributed by atoms with Gasteiger partial charge in [-0.05, 0) is 25.1 Å². The molecule has 1 aromatic heterocycles. The lowest BCUT2D eigenvalue weighted by atomic mass is 10.2. The summed E-state index contributed by atoms with van der Waals surface area (Å²) in [5.74, 6) is 1.55. The summed E-state index contributed by atoms with van der Waals surface area (Å²) >= 11 is 7.70. The van der Waals surface area contributed by atoms with Crippen molar-refractivity contribution in [1.29, 1.82) is 0 Å². The van der Waals surface area contributed by atoms with Crippen molar-refractivity contribution < 1.29 is 9.47 Å². The van der Waals surface area contributed by atoms with E-state index in [0.717, 1.165) is 4.90 Å². The molecule has 0 radical (unpaired) electrons. The minimum Gasteiger partial charge on any atom is -0.495 e. The van der Waals surface area contributed by atoms with Gasteiger partial charge in [-0.15, -0.1) is 0 Å². The maximum atomic E-state index is 6.29. The van der Waals surface area contributed by atoms with Gasteiger partial charge in [-0.1, -0.05) is 41.1 Å². The van der Waals surface area contributed by atoms with Crippen LogP contribution in [0.2, 0.25) is 5.02 Å². The molecule has 0 bridgehead atoms. The second-order valence-electron chi connectivity index (χ2n) is 5.67. The van der Waals surface area contributed by atoms with Crippen LogP contribution in [0.3, 0.4) is 0 Å². The molecule has 0 aliphatic heterocycles. The molecule has 6 nitrogen and oxygen atoms in total. The SMILES string of the molecule is COc1cc(OC)c(Nc2ncnc(Sc3ccc(C)cc3)c2N)cc1Cl. The number of rotatable bonds is 6. The largest absolute Gasteiger partial charge is 0.495 e. The molecule has 0 fully saturated rings. The molecule has 8 heteroatoms. The highest BCUT2D eigenvalue weighted by Gasteiger charge is 2.14.